The van der Waals surface area contributed by atoms with Crippen LogP contribution in [-0.2, 0) is 16.2 Å². The predicted octanol–water partition coefficient (Wildman–Crippen LogP) is 4.47. The standard InChI is InChI=1S/C21H26N2.CH2.Ru/c1-14-9-16(3)20(17(4)10-14)22-7-8-23(13-22)21-18(5)11-15(2)12-19(21)6;;/h9-12H,7-8H2,1-6H3;1H2;. The topological polar surface area (TPSA) is 6.48 Å². The second-order valence-electron chi connectivity index (χ2n) is 7.18. The number of anilines is 2. The van der Waals surface area contributed by atoms with Crippen molar-refractivity contribution < 1.29 is 16.2 Å². The molecule has 3 rings (SSSR count). The molecule has 1 aliphatic rings. The third-order valence-corrected chi connectivity index (χ3v) is 6.39. The summed E-state index contributed by atoms with van der Waals surface area (Å²) in [5.74, 6) is 0. The van der Waals surface area contributed by atoms with Crippen LogP contribution in [0.2, 0.25) is 0 Å². The van der Waals surface area contributed by atoms with Gasteiger partial charge in [0, 0.05) is 0 Å². The van der Waals surface area contributed by atoms with E-state index in [-0.39, 0.29) is 16.2 Å². The molecular weight excluding hydrogens is 393 g/mol. The fraction of sp³-hybridized carbons (Fsp3) is 0.364. The van der Waals surface area contributed by atoms with Crippen molar-refractivity contribution >= 4 is 20.8 Å². The summed E-state index contributed by atoms with van der Waals surface area (Å²) in [6.07, 6.45) is 0. The molecule has 0 N–H and O–H groups in total. The second-order valence-corrected chi connectivity index (χ2v) is 8.57. The Labute approximate surface area is 159 Å². The Balaban J connectivity index is 2.08. The molecule has 1 saturated heterocycles. The van der Waals surface area contributed by atoms with Gasteiger partial charge in [0.25, 0.3) is 0 Å². The Morgan fingerprint density at radius 3 is 1.28 bits per heavy atom. The molecule has 0 aliphatic carbocycles. The van der Waals surface area contributed by atoms with Crippen molar-refractivity contribution in [1.29, 1.82) is 0 Å². The Kier molecular flexibility index (Phi) is 5.07. The third kappa shape index (κ3) is 3.27. The maximum absolute atomic E-state index is 4.34. The van der Waals surface area contributed by atoms with Crippen LogP contribution in [0.15, 0.2) is 24.3 Å². The molecule has 25 heavy (non-hydrogen) atoms. The number of rotatable bonds is 2. The summed E-state index contributed by atoms with van der Waals surface area (Å²) in [6, 6.07) is 9.18. The maximum atomic E-state index is 4.34. The zero-order chi connectivity index (χ0) is 18.3. The molecule has 1 aliphatic heterocycles. The molecule has 0 radical (unpaired) electrons. The summed E-state index contributed by atoms with van der Waals surface area (Å²) in [4.78, 5) is 5.04. The van der Waals surface area contributed by atoms with E-state index >= 15 is 0 Å². The molecule has 3 heteroatoms. The summed E-state index contributed by atoms with van der Waals surface area (Å²) in [5, 5.41) is 4.34. The molecule has 0 atom stereocenters. The van der Waals surface area contributed by atoms with E-state index in [1.165, 1.54) is 49.1 Å². The molecule has 1 heterocycles. The van der Waals surface area contributed by atoms with Crippen LogP contribution in [0.5, 0.6) is 0 Å². The Bertz CT molecular complexity index is 777. The van der Waals surface area contributed by atoms with Crippen LogP contribution in [-0.4, -0.2) is 22.6 Å². The van der Waals surface area contributed by atoms with Gasteiger partial charge in [-0.15, -0.1) is 0 Å². The van der Waals surface area contributed by atoms with Gasteiger partial charge in [-0.25, -0.2) is 0 Å². The molecule has 0 spiro atoms. The summed E-state index contributed by atoms with van der Waals surface area (Å²) in [5.41, 5.74) is 10.9. The van der Waals surface area contributed by atoms with Gasteiger partial charge < -0.3 is 0 Å². The third-order valence-electron chi connectivity index (χ3n) is 4.90. The van der Waals surface area contributed by atoms with E-state index in [4.69, 9.17) is 0 Å². The first-order chi connectivity index (χ1) is 11.8. The van der Waals surface area contributed by atoms with E-state index in [9.17, 15) is 0 Å². The van der Waals surface area contributed by atoms with Crippen molar-refractivity contribution in [3.05, 3.63) is 57.6 Å². The molecule has 0 saturated carbocycles. The minimum atomic E-state index is -0.0824. The van der Waals surface area contributed by atoms with Crippen molar-refractivity contribution in [2.45, 2.75) is 41.5 Å². The summed E-state index contributed by atoms with van der Waals surface area (Å²) in [7, 11) is 0. The van der Waals surface area contributed by atoms with Crippen LogP contribution in [0.1, 0.15) is 33.4 Å². The first kappa shape index (κ1) is 18.2. The van der Waals surface area contributed by atoms with Gasteiger partial charge in [-0.3, -0.25) is 0 Å². The van der Waals surface area contributed by atoms with Gasteiger partial charge in [-0.05, 0) is 0 Å². The normalized spacial score (nSPS) is 14.6. The first-order valence-electron chi connectivity index (χ1n) is 8.76. The summed E-state index contributed by atoms with van der Waals surface area (Å²) >= 11 is -0.0824. The average Bonchev–Trinajstić information content (AvgIpc) is 2.88. The number of nitrogens with zero attached hydrogens (tertiary/aromatic N) is 2. The molecule has 134 valence electrons. The van der Waals surface area contributed by atoms with Crippen molar-refractivity contribution in [3.63, 3.8) is 0 Å². The van der Waals surface area contributed by atoms with E-state index in [2.05, 4.69) is 80.7 Å². The van der Waals surface area contributed by atoms with E-state index in [0.717, 1.165) is 13.1 Å². The molecule has 0 bridgehead atoms. The molecule has 1 fully saturated rings. The van der Waals surface area contributed by atoms with Crippen LogP contribution in [0.4, 0.5) is 11.4 Å². The first-order valence-corrected chi connectivity index (χ1v) is 10.9. The van der Waals surface area contributed by atoms with Gasteiger partial charge in [0.05, 0.1) is 0 Å². The van der Waals surface area contributed by atoms with Gasteiger partial charge in [-0.1, -0.05) is 0 Å². The number of hydrogen-bond donors (Lipinski definition) is 0. The Hall–Kier alpha value is -1.60. The van der Waals surface area contributed by atoms with Gasteiger partial charge in [-0.2, -0.15) is 0 Å². The van der Waals surface area contributed by atoms with Gasteiger partial charge in [0.2, 0.25) is 0 Å². The van der Waals surface area contributed by atoms with Crippen molar-refractivity contribution in [1.82, 2.24) is 0 Å². The fourth-order valence-electron chi connectivity index (χ4n) is 4.26. The summed E-state index contributed by atoms with van der Waals surface area (Å²) in [6.45, 7) is 15.4. The van der Waals surface area contributed by atoms with E-state index in [1.54, 1.807) is 0 Å². The van der Waals surface area contributed by atoms with Crippen LogP contribution < -0.4 is 9.80 Å². The number of benzene rings is 2. The molecule has 2 aromatic carbocycles. The van der Waals surface area contributed by atoms with E-state index < -0.39 is 0 Å². The predicted molar refractivity (Wildman–Crippen MR) is 108 cm³/mol. The molecular formula is C22H28N2Ru. The fourth-order valence-corrected chi connectivity index (χ4v) is 5.70. The number of aryl methyl sites for hydroxylation is 6. The Morgan fingerprint density at radius 2 is 1.00 bits per heavy atom. The summed E-state index contributed by atoms with van der Waals surface area (Å²) < 4.78 is 1.40. The van der Waals surface area contributed by atoms with Crippen LogP contribution in [0, 0.1) is 41.5 Å². The van der Waals surface area contributed by atoms with Gasteiger partial charge >= 0.3 is 159 Å². The molecule has 2 nitrogen and oxygen atoms in total. The monoisotopic (exact) mass is 422 g/mol. The average molecular weight is 422 g/mol. The van der Waals surface area contributed by atoms with Gasteiger partial charge in [0.1, 0.15) is 0 Å². The molecule has 0 aromatic heterocycles. The molecule has 0 unspecified atom stereocenters. The molecule has 2 aromatic rings. The van der Waals surface area contributed by atoms with Gasteiger partial charge in [0.15, 0.2) is 0 Å². The van der Waals surface area contributed by atoms with Crippen molar-refractivity contribution in [2.75, 3.05) is 22.9 Å². The quantitative estimate of drug-likeness (QED) is 0.661. The second kappa shape index (κ2) is 6.96. The van der Waals surface area contributed by atoms with E-state index in [0.29, 0.717) is 0 Å². The van der Waals surface area contributed by atoms with Crippen LogP contribution >= 0.6 is 0 Å². The SMILES string of the molecule is [CH2]=[Ru]=[C]1N(c2c(C)cc(C)cc2C)CCN1c1c(C)cc(C)cc1C. The van der Waals surface area contributed by atoms with E-state index in [1.807, 2.05) is 0 Å². The zero-order valence-electron chi connectivity index (χ0n) is 16.2. The van der Waals surface area contributed by atoms with Crippen molar-refractivity contribution in [2.24, 2.45) is 0 Å². The van der Waals surface area contributed by atoms with Crippen LogP contribution in [0.25, 0.3) is 0 Å². The molecule has 0 amide bonds. The Morgan fingerprint density at radius 1 is 0.680 bits per heavy atom. The van der Waals surface area contributed by atoms with Crippen LogP contribution in [0.3, 0.4) is 0 Å². The number of hydrogen-bond acceptors (Lipinski definition) is 2. The minimum absolute atomic E-state index is 0.0824. The zero-order valence-corrected chi connectivity index (χ0v) is 17.9. The van der Waals surface area contributed by atoms with Crippen molar-refractivity contribution in [3.8, 4) is 0 Å².